The van der Waals surface area contributed by atoms with Gasteiger partial charge in [-0.1, -0.05) is 36.7 Å². The first kappa shape index (κ1) is 33.3. The number of carbonyl (C=O) groups is 1. The number of methoxy groups -OCH3 is 1. The lowest BCUT2D eigenvalue weighted by Crippen LogP contribution is -2.44. The molecule has 1 N–H and O–H groups in total. The van der Waals surface area contributed by atoms with Crippen LogP contribution in [0.5, 0.6) is 5.75 Å². The van der Waals surface area contributed by atoms with Crippen LogP contribution in [-0.4, -0.2) is 58.6 Å². The molecule has 1 saturated carbocycles. The number of hydrogen-bond acceptors (Lipinski definition) is 7. The Balaban J connectivity index is 1.37. The van der Waals surface area contributed by atoms with E-state index in [4.69, 9.17) is 25.8 Å². The summed E-state index contributed by atoms with van der Waals surface area (Å²) in [6.07, 6.45) is 11.7. The largest absolute Gasteiger partial charge is 0.487 e. The normalized spacial score (nSPS) is 30.8. The number of amides is 1. The Morgan fingerprint density at radius 1 is 1.07 bits per heavy atom. The van der Waals surface area contributed by atoms with Crippen LogP contribution >= 0.6 is 11.6 Å². The van der Waals surface area contributed by atoms with E-state index in [1.807, 2.05) is 37.3 Å². The zero-order chi connectivity index (χ0) is 32.3. The van der Waals surface area contributed by atoms with Crippen molar-refractivity contribution in [3.63, 3.8) is 0 Å². The molecule has 2 bridgehead atoms. The summed E-state index contributed by atoms with van der Waals surface area (Å²) in [4.78, 5) is 16.1. The van der Waals surface area contributed by atoms with Crippen LogP contribution in [0.2, 0.25) is 5.02 Å². The Kier molecular flexibility index (Phi) is 10.6. The molecule has 1 saturated heterocycles. The van der Waals surface area contributed by atoms with Crippen molar-refractivity contribution >= 4 is 33.2 Å². The van der Waals surface area contributed by atoms with Crippen molar-refractivity contribution in [2.45, 2.75) is 88.8 Å². The molecule has 0 aromatic heterocycles. The first-order valence-electron chi connectivity index (χ1n) is 16.9. The third kappa shape index (κ3) is 7.59. The van der Waals surface area contributed by atoms with Crippen molar-refractivity contribution in [3.05, 3.63) is 70.3 Å². The Morgan fingerprint density at radius 2 is 1.93 bits per heavy atom. The predicted molar refractivity (Wildman–Crippen MR) is 181 cm³/mol. The number of sulfonamides is 1. The molecule has 2 aromatic carbocycles. The SMILES string of the molecule is CO[C@H]1/C=C/C[C@H](C)[C@@H](C[C@H]2CCCO2)S(=O)(=O)NC(=O)c2ccc3c(c2)N(CCCCc2cc(Cl)ccc2CO3)C[C@@H]2CC[C@H]21. The molecule has 0 unspecified atom stereocenters. The van der Waals surface area contributed by atoms with Gasteiger partial charge >= 0.3 is 0 Å². The highest BCUT2D eigenvalue weighted by Crippen LogP contribution is 2.42. The number of fused-ring (bicyclic) bond motifs is 3. The second-order valence-electron chi connectivity index (χ2n) is 13.5. The average molecular weight is 671 g/mol. The van der Waals surface area contributed by atoms with Gasteiger partial charge in [-0.25, -0.2) is 13.1 Å². The lowest BCUT2D eigenvalue weighted by atomic mass is 9.70. The fraction of sp³-hybridized carbons (Fsp3) is 0.583. The number of rotatable bonds is 3. The van der Waals surface area contributed by atoms with Crippen molar-refractivity contribution < 1.29 is 27.4 Å². The summed E-state index contributed by atoms with van der Waals surface area (Å²) in [5, 5.41) is -0.0568. The molecule has 46 heavy (non-hydrogen) atoms. The molecule has 250 valence electrons. The van der Waals surface area contributed by atoms with E-state index in [9.17, 15) is 13.2 Å². The third-order valence-corrected chi connectivity index (χ3v) is 12.6. The van der Waals surface area contributed by atoms with Gasteiger partial charge in [-0.2, -0.15) is 0 Å². The fourth-order valence-corrected chi connectivity index (χ4v) is 9.52. The average Bonchev–Trinajstić information content (AvgIpc) is 3.53. The molecule has 8 nitrogen and oxygen atoms in total. The summed E-state index contributed by atoms with van der Waals surface area (Å²) >= 11 is 6.35. The first-order chi connectivity index (χ1) is 22.2. The van der Waals surface area contributed by atoms with Crippen molar-refractivity contribution in [2.75, 3.05) is 31.7 Å². The summed E-state index contributed by atoms with van der Waals surface area (Å²) < 4.78 is 48.6. The van der Waals surface area contributed by atoms with Crippen LogP contribution in [0.4, 0.5) is 5.69 Å². The molecular formula is C36H47ClN2O6S. The van der Waals surface area contributed by atoms with E-state index in [1.165, 1.54) is 5.56 Å². The van der Waals surface area contributed by atoms with Gasteiger partial charge in [0.2, 0.25) is 10.0 Å². The van der Waals surface area contributed by atoms with Crippen LogP contribution in [0, 0.1) is 17.8 Å². The zero-order valence-electron chi connectivity index (χ0n) is 27.0. The Hall–Kier alpha value is -2.59. The molecule has 1 amide bonds. The van der Waals surface area contributed by atoms with Crippen molar-refractivity contribution in [2.24, 2.45) is 17.8 Å². The van der Waals surface area contributed by atoms with Crippen LogP contribution in [0.25, 0.3) is 0 Å². The topological polar surface area (TPSA) is 94.2 Å². The molecule has 3 aliphatic heterocycles. The molecule has 6 atom stereocenters. The Labute approximate surface area is 278 Å². The van der Waals surface area contributed by atoms with Crippen molar-refractivity contribution in [1.82, 2.24) is 4.72 Å². The summed E-state index contributed by atoms with van der Waals surface area (Å²) in [5.41, 5.74) is 3.39. The highest BCUT2D eigenvalue weighted by Gasteiger charge is 2.39. The highest BCUT2D eigenvalue weighted by molar-refractivity contribution is 7.90. The van der Waals surface area contributed by atoms with Gasteiger partial charge in [-0.3, -0.25) is 4.79 Å². The van der Waals surface area contributed by atoms with Crippen molar-refractivity contribution in [3.8, 4) is 5.75 Å². The number of nitrogens with one attached hydrogen (secondary N) is 1. The monoisotopic (exact) mass is 670 g/mol. The van der Waals surface area contributed by atoms with E-state index in [1.54, 1.807) is 13.2 Å². The second-order valence-corrected chi connectivity index (χ2v) is 15.9. The van der Waals surface area contributed by atoms with Gasteiger partial charge in [0, 0.05) is 37.4 Å². The Morgan fingerprint density at radius 3 is 2.70 bits per heavy atom. The summed E-state index contributed by atoms with van der Waals surface area (Å²) in [7, 11) is -2.25. The number of ether oxygens (including phenoxy) is 3. The Bertz CT molecular complexity index is 1520. The number of allylic oxidation sites excluding steroid dienone is 1. The van der Waals surface area contributed by atoms with Gasteiger partial charge in [-0.15, -0.1) is 0 Å². The fourth-order valence-electron chi connectivity index (χ4n) is 7.61. The van der Waals surface area contributed by atoms with Crippen LogP contribution in [0.1, 0.15) is 79.8 Å². The molecule has 2 fully saturated rings. The number of benzene rings is 2. The number of halogens is 1. The molecular weight excluding hydrogens is 624 g/mol. The number of nitrogens with zero attached hydrogens (tertiary/aromatic N) is 1. The summed E-state index contributed by atoms with van der Waals surface area (Å²) in [6, 6.07) is 11.2. The van der Waals surface area contributed by atoms with Gasteiger partial charge < -0.3 is 19.1 Å². The molecule has 2 aromatic rings. The van der Waals surface area contributed by atoms with Gasteiger partial charge in [0.1, 0.15) is 12.4 Å². The van der Waals surface area contributed by atoms with Crippen LogP contribution in [0.3, 0.4) is 0 Å². The smallest absolute Gasteiger partial charge is 0.264 e. The van der Waals surface area contributed by atoms with E-state index < -0.39 is 21.2 Å². The van der Waals surface area contributed by atoms with Gasteiger partial charge in [-0.05, 0) is 117 Å². The maximum Gasteiger partial charge on any atom is 0.264 e. The standard InChI is InChI=1S/C36H47ClN2O6S/c1-24-7-5-10-33(43-2)31-15-12-27(31)22-39-17-4-3-8-25-19-29(37)14-11-28(25)23-45-34-16-13-26(20-32(34)39)36(40)38-46(41,42)35(24)21-30-9-6-18-44-30/h5,10-11,13-14,16,19-20,24,27,30-31,33,35H,3-4,6-9,12,15,17-18,21-23H2,1-2H3,(H,38,40)/b10-5+/t24-,27-,30+,31+,33-,35+/m0/s1. The number of aryl methyl sites for hydroxylation is 1. The first-order valence-corrected chi connectivity index (χ1v) is 18.8. The molecule has 1 aliphatic carbocycles. The molecule has 0 radical (unpaired) electrons. The van der Waals surface area contributed by atoms with Crippen LogP contribution < -0.4 is 14.4 Å². The highest BCUT2D eigenvalue weighted by atomic mass is 35.5. The van der Waals surface area contributed by atoms with Gasteiger partial charge in [0.25, 0.3) is 5.91 Å². The van der Waals surface area contributed by atoms with Gasteiger partial charge in [0.05, 0.1) is 23.1 Å². The molecule has 4 aliphatic rings. The number of hydrogen-bond donors (Lipinski definition) is 1. The van der Waals surface area contributed by atoms with Gasteiger partial charge in [0.15, 0.2) is 0 Å². The maximum atomic E-state index is 13.9. The van der Waals surface area contributed by atoms with E-state index in [2.05, 4.69) is 21.8 Å². The van der Waals surface area contributed by atoms with E-state index in [0.717, 1.165) is 74.3 Å². The molecule has 6 rings (SSSR count). The molecule has 0 spiro atoms. The van der Waals surface area contributed by atoms with Crippen LogP contribution in [0.15, 0.2) is 48.6 Å². The lowest BCUT2D eigenvalue weighted by Gasteiger charge is -2.43. The second kappa shape index (κ2) is 14.7. The molecule has 3 heterocycles. The van der Waals surface area contributed by atoms with Crippen molar-refractivity contribution in [1.29, 1.82) is 0 Å². The van der Waals surface area contributed by atoms with E-state index in [-0.39, 0.29) is 18.1 Å². The number of anilines is 1. The summed E-state index contributed by atoms with van der Waals surface area (Å²) in [6.45, 7) is 4.55. The quantitative estimate of drug-likeness (QED) is 0.364. The van der Waals surface area contributed by atoms with Crippen LogP contribution in [-0.2, 0) is 32.5 Å². The zero-order valence-corrected chi connectivity index (χ0v) is 28.5. The predicted octanol–water partition coefficient (Wildman–Crippen LogP) is 6.70. The number of carbonyl (C=O) groups excluding carboxylic acids is 1. The minimum Gasteiger partial charge on any atom is -0.487 e. The third-order valence-electron chi connectivity index (χ3n) is 10.5. The lowest BCUT2D eigenvalue weighted by molar-refractivity contribution is 0.0134. The summed E-state index contributed by atoms with van der Waals surface area (Å²) in [5.74, 6) is 0.607. The van der Waals surface area contributed by atoms with E-state index in [0.29, 0.717) is 49.2 Å². The minimum atomic E-state index is -4.01. The maximum absolute atomic E-state index is 13.9. The minimum absolute atomic E-state index is 0.0444. The van der Waals surface area contributed by atoms with E-state index >= 15 is 0 Å². The molecule has 10 heteroatoms.